The molecule has 0 amide bonds. The zero-order valence-corrected chi connectivity index (χ0v) is 15.0. The molecule has 132 valence electrons. The summed E-state index contributed by atoms with van der Waals surface area (Å²) in [5, 5.41) is 0.945. The van der Waals surface area contributed by atoms with E-state index in [0.717, 1.165) is 22.0 Å². The number of hydrogen-bond donors (Lipinski definition) is 2. The summed E-state index contributed by atoms with van der Waals surface area (Å²) in [7, 11) is -3.72. The van der Waals surface area contributed by atoms with Gasteiger partial charge in [0.25, 0.3) is 0 Å². The van der Waals surface area contributed by atoms with Crippen LogP contribution in [0.3, 0.4) is 0 Å². The first-order chi connectivity index (χ1) is 12.5. The molecule has 0 fully saturated rings. The van der Waals surface area contributed by atoms with Gasteiger partial charge in [0.15, 0.2) is 0 Å². The van der Waals surface area contributed by atoms with E-state index in [9.17, 15) is 8.42 Å². The maximum Gasteiger partial charge on any atom is 0.241 e. The Morgan fingerprint density at radius 1 is 1.00 bits per heavy atom. The SMILES string of the molecule is Cc1ccc(S(=O)(=O)NC(c2ccco2)c2c[nH]c3ccccc23)cc1. The Hall–Kier alpha value is -2.83. The van der Waals surface area contributed by atoms with Crippen LogP contribution >= 0.6 is 0 Å². The van der Waals surface area contributed by atoms with Crippen molar-refractivity contribution in [1.82, 2.24) is 9.71 Å². The van der Waals surface area contributed by atoms with E-state index in [1.807, 2.05) is 37.4 Å². The zero-order valence-electron chi connectivity index (χ0n) is 14.1. The number of para-hydroxylation sites is 1. The van der Waals surface area contributed by atoms with Crippen molar-refractivity contribution in [3.63, 3.8) is 0 Å². The van der Waals surface area contributed by atoms with Gasteiger partial charge in [-0.05, 0) is 37.3 Å². The van der Waals surface area contributed by atoms with Gasteiger partial charge >= 0.3 is 0 Å². The molecule has 2 aromatic carbocycles. The van der Waals surface area contributed by atoms with Crippen molar-refractivity contribution < 1.29 is 12.8 Å². The molecular formula is C20H18N2O3S. The molecule has 4 rings (SSSR count). The highest BCUT2D eigenvalue weighted by Gasteiger charge is 2.26. The van der Waals surface area contributed by atoms with Gasteiger partial charge in [-0.25, -0.2) is 8.42 Å². The molecule has 0 bridgehead atoms. The number of aromatic amines is 1. The van der Waals surface area contributed by atoms with Crippen LogP contribution in [0.15, 0.2) is 82.4 Å². The van der Waals surface area contributed by atoms with Gasteiger partial charge < -0.3 is 9.40 Å². The van der Waals surface area contributed by atoms with Crippen LogP contribution in [0.5, 0.6) is 0 Å². The molecule has 2 aromatic heterocycles. The highest BCUT2D eigenvalue weighted by molar-refractivity contribution is 7.89. The van der Waals surface area contributed by atoms with Gasteiger partial charge in [0.2, 0.25) is 10.0 Å². The van der Waals surface area contributed by atoms with Crippen LogP contribution in [-0.4, -0.2) is 13.4 Å². The summed E-state index contributed by atoms with van der Waals surface area (Å²) in [5.41, 5.74) is 2.75. The second kappa shape index (κ2) is 6.48. The maximum atomic E-state index is 12.9. The second-order valence-corrected chi connectivity index (χ2v) is 7.89. The molecular weight excluding hydrogens is 348 g/mol. The first-order valence-corrected chi connectivity index (χ1v) is 9.71. The lowest BCUT2D eigenvalue weighted by molar-refractivity contribution is 0.472. The third-order valence-corrected chi connectivity index (χ3v) is 5.80. The van der Waals surface area contributed by atoms with Gasteiger partial charge in [0.1, 0.15) is 11.8 Å². The van der Waals surface area contributed by atoms with Crippen LogP contribution in [0.25, 0.3) is 10.9 Å². The van der Waals surface area contributed by atoms with Crippen molar-refractivity contribution in [1.29, 1.82) is 0 Å². The van der Waals surface area contributed by atoms with E-state index in [-0.39, 0.29) is 4.90 Å². The molecule has 26 heavy (non-hydrogen) atoms. The van der Waals surface area contributed by atoms with Gasteiger partial charge in [-0.1, -0.05) is 35.9 Å². The van der Waals surface area contributed by atoms with E-state index < -0.39 is 16.1 Å². The smallest absolute Gasteiger partial charge is 0.241 e. The average Bonchev–Trinajstić information content (AvgIpc) is 3.30. The molecule has 0 radical (unpaired) electrons. The zero-order chi connectivity index (χ0) is 18.1. The highest BCUT2D eigenvalue weighted by Crippen LogP contribution is 2.30. The number of nitrogens with one attached hydrogen (secondary N) is 2. The van der Waals surface area contributed by atoms with E-state index in [1.165, 1.54) is 6.26 Å². The third kappa shape index (κ3) is 3.05. The van der Waals surface area contributed by atoms with E-state index in [4.69, 9.17) is 4.42 Å². The molecule has 0 spiro atoms. The molecule has 2 N–H and O–H groups in total. The number of H-pyrrole nitrogens is 1. The lowest BCUT2D eigenvalue weighted by Gasteiger charge is -2.17. The summed E-state index contributed by atoms with van der Waals surface area (Å²) in [5.74, 6) is 0.533. The Kier molecular flexibility index (Phi) is 4.14. The van der Waals surface area contributed by atoms with Crippen molar-refractivity contribution in [2.45, 2.75) is 17.9 Å². The number of rotatable bonds is 5. The molecule has 0 saturated heterocycles. The quantitative estimate of drug-likeness (QED) is 0.557. The number of aryl methyl sites for hydroxylation is 1. The maximum absolute atomic E-state index is 12.9. The van der Waals surface area contributed by atoms with Crippen LogP contribution in [0.4, 0.5) is 0 Å². The van der Waals surface area contributed by atoms with Gasteiger partial charge in [0.05, 0.1) is 11.2 Å². The molecule has 4 aromatic rings. The lowest BCUT2D eigenvalue weighted by Crippen LogP contribution is -2.29. The van der Waals surface area contributed by atoms with Gasteiger partial charge in [-0.2, -0.15) is 4.72 Å². The van der Waals surface area contributed by atoms with E-state index >= 15 is 0 Å². The monoisotopic (exact) mass is 366 g/mol. The number of hydrogen-bond acceptors (Lipinski definition) is 3. The van der Waals surface area contributed by atoms with E-state index in [1.54, 1.807) is 36.4 Å². The first kappa shape index (κ1) is 16.6. The van der Waals surface area contributed by atoms with Crippen LogP contribution in [-0.2, 0) is 10.0 Å². The molecule has 0 aliphatic carbocycles. The minimum atomic E-state index is -3.72. The third-order valence-electron chi connectivity index (χ3n) is 4.36. The van der Waals surface area contributed by atoms with E-state index in [2.05, 4.69) is 9.71 Å². The molecule has 0 aliphatic heterocycles. The van der Waals surface area contributed by atoms with E-state index in [0.29, 0.717) is 5.76 Å². The van der Waals surface area contributed by atoms with Crippen LogP contribution in [0.1, 0.15) is 22.9 Å². The summed E-state index contributed by atoms with van der Waals surface area (Å²) in [4.78, 5) is 3.41. The van der Waals surface area contributed by atoms with Crippen molar-refractivity contribution in [3.8, 4) is 0 Å². The summed E-state index contributed by atoms with van der Waals surface area (Å²) in [6.07, 6.45) is 3.35. The van der Waals surface area contributed by atoms with Gasteiger partial charge in [0, 0.05) is 22.7 Å². The van der Waals surface area contributed by atoms with Crippen molar-refractivity contribution in [3.05, 3.63) is 90.0 Å². The average molecular weight is 366 g/mol. The summed E-state index contributed by atoms with van der Waals surface area (Å²) in [6, 6.07) is 17.4. The summed E-state index contributed by atoms with van der Waals surface area (Å²) < 4.78 is 34.1. The predicted octanol–water partition coefficient (Wildman–Crippen LogP) is 4.14. The fourth-order valence-electron chi connectivity index (χ4n) is 3.00. The highest BCUT2D eigenvalue weighted by atomic mass is 32.2. The number of sulfonamides is 1. The molecule has 1 atom stereocenters. The molecule has 0 saturated carbocycles. The molecule has 6 heteroatoms. The Morgan fingerprint density at radius 3 is 2.50 bits per heavy atom. The largest absolute Gasteiger partial charge is 0.467 e. The Balaban J connectivity index is 1.79. The minimum Gasteiger partial charge on any atom is -0.467 e. The Bertz CT molecular complexity index is 1130. The standard InChI is InChI=1S/C20H18N2O3S/c1-14-8-10-15(11-9-14)26(23,24)22-20(19-7-4-12-25-19)17-13-21-18-6-3-2-5-16(17)18/h2-13,20-22H,1H3. The number of aromatic nitrogens is 1. The summed E-state index contributed by atoms with van der Waals surface area (Å²) >= 11 is 0. The van der Waals surface area contributed by atoms with Gasteiger partial charge in [-0.15, -0.1) is 0 Å². The predicted molar refractivity (Wildman–Crippen MR) is 100 cm³/mol. The Morgan fingerprint density at radius 2 is 1.77 bits per heavy atom. The normalized spacial score (nSPS) is 13.1. The molecule has 1 unspecified atom stereocenters. The minimum absolute atomic E-state index is 0.222. The van der Waals surface area contributed by atoms with Crippen molar-refractivity contribution in [2.24, 2.45) is 0 Å². The number of fused-ring (bicyclic) bond motifs is 1. The fraction of sp³-hybridized carbons (Fsp3) is 0.100. The number of benzene rings is 2. The van der Waals surface area contributed by atoms with Crippen LogP contribution in [0, 0.1) is 6.92 Å². The molecule has 0 aliphatic rings. The van der Waals surface area contributed by atoms with Gasteiger partial charge in [-0.3, -0.25) is 0 Å². The van der Waals surface area contributed by atoms with Crippen LogP contribution in [0.2, 0.25) is 0 Å². The lowest BCUT2D eigenvalue weighted by atomic mass is 10.0. The molecule has 2 heterocycles. The number of furan rings is 1. The topological polar surface area (TPSA) is 75.1 Å². The first-order valence-electron chi connectivity index (χ1n) is 8.23. The second-order valence-electron chi connectivity index (χ2n) is 6.17. The fourth-order valence-corrected chi connectivity index (χ4v) is 4.19. The summed E-state index contributed by atoms with van der Waals surface area (Å²) in [6.45, 7) is 1.92. The molecule has 5 nitrogen and oxygen atoms in total. The van der Waals surface area contributed by atoms with Crippen LogP contribution < -0.4 is 4.72 Å². The Labute approximate surface area is 151 Å². The van der Waals surface area contributed by atoms with Crippen molar-refractivity contribution >= 4 is 20.9 Å². The van der Waals surface area contributed by atoms with Crippen molar-refractivity contribution in [2.75, 3.05) is 0 Å².